The van der Waals surface area contributed by atoms with Crippen LogP contribution in [0.3, 0.4) is 0 Å². The van der Waals surface area contributed by atoms with Crippen LogP contribution < -0.4 is 5.32 Å². The van der Waals surface area contributed by atoms with Crippen LogP contribution >= 0.6 is 0 Å². The lowest BCUT2D eigenvalue weighted by Gasteiger charge is -2.17. The summed E-state index contributed by atoms with van der Waals surface area (Å²) in [5.41, 5.74) is 4.71. The molecule has 166 valence electrons. The van der Waals surface area contributed by atoms with Gasteiger partial charge in [-0.1, -0.05) is 54.6 Å². The van der Waals surface area contributed by atoms with E-state index >= 15 is 0 Å². The van der Waals surface area contributed by atoms with E-state index in [9.17, 15) is 9.59 Å². The summed E-state index contributed by atoms with van der Waals surface area (Å²) in [5.74, 6) is -0.863. The van der Waals surface area contributed by atoms with E-state index in [1.165, 1.54) is 6.20 Å². The molecule has 0 atom stereocenters. The molecule has 0 saturated carbocycles. The van der Waals surface area contributed by atoms with Crippen molar-refractivity contribution in [1.82, 2.24) is 4.98 Å². The number of carbonyl (C=O) groups excluding carboxylic acids is 2. The second-order valence-corrected chi connectivity index (χ2v) is 7.46. The number of benzene rings is 3. The summed E-state index contributed by atoms with van der Waals surface area (Å²) in [4.78, 5) is 29.6. The molecule has 1 N–H and O–H groups in total. The van der Waals surface area contributed by atoms with Gasteiger partial charge in [0.25, 0.3) is 0 Å². The van der Waals surface area contributed by atoms with Gasteiger partial charge in [0.15, 0.2) is 0 Å². The summed E-state index contributed by atoms with van der Waals surface area (Å²) < 4.78 is 10.8. The zero-order valence-electron chi connectivity index (χ0n) is 18.5. The normalized spacial score (nSPS) is 10.6. The first-order chi connectivity index (χ1) is 16.1. The maximum absolute atomic E-state index is 12.7. The number of aromatic nitrogens is 1. The maximum atomic E-state index is 12.7. The van der Waals surface area contributed by atoms with E-state index in [1.807, 2.05) is 55.5 Å². The van der Waals surface area contributed by atoms with Gasteiger partial charge in [-0.2, -0.15) is 0 Å². The molecule has 0 aliphatic carbocycles. The van der Waals surface area contributed by atoms with Gasteiger partial charge in [0.1, 0.15) is 12.2 Å². The van der Waals surface area contributed by atoms with Crippen molar-refractivity contribution in [3.63, 3.8) is 0 Å². The van der Waals surface area contributed by atoms with Gasteiger partial charge in [0, 0.05) is 22.8 Å². The van der Waals surface area contributed by atoms with E-state index in [2.05, 4.69) is 10.3 Å². The van der Waals surface area contributed by atoms with Crippen LogP contribution in [0.25, 0.3) is 10.9 Å². The lowest BCUT2D eigenvalue weighted by atomic mass is 10.0. The summed E-state index contributed by atoms with van der Waals surface area (Å²) in [7, 11) is 0. The molecule has 0 unspecified atom stereocenters. The minimum Gasteiger partial charge on any atom is -0.462 e. The second kappa shape index (κ2) is 9.96. The molecule has 33 heavy (non-hydrogen) atoms. The Hall–Kier alpha value is -4.19. The minimum atomic E-state index is -0.455. The molecule has 0 fully saturated rings. The van der Waals surface area contributed by atoms with Crippen molar-refractivity contribution >= 4 is 34.2 Å². The van der Waals surface area contributed by atoms with Crippen LogP contribution in [0.1, 0.15) is 38.8 Å². The lowest BCUT2D eigenvalue weighted by molar-refractivity contribution is 0.0473. The van der Waals surface area contributed by atoms with Gasteiger partial charge in [-0.25, -0.2) is 9.59 Å². The topological polar surface area (TPSA) is 77.5 Å². The van der Waals surface area contributed by atoms with Crippen molar-refractivity contribution in [3.8, 4) is 0 Å². The molecule has 1 heterocycles. The summed E-state index contributed by atoms with van der Waals surface area (Å²) in [6, 6.07) is 22.2. The standard InChI is InChI=1S/C27H24N2O4/c1-3-32-27(31)22-16-28-24-20(17-33-26(30)19-11-5-4-6-12-19)13-9-14-21(24)25(22)29-23-15-8-7-10-18(23)2/h4-16H,3,17H2,1-2H3,(H,28,29). The predicted octanol–water partition coefficient (Wildman–Crippen LogP) is 5.82. The van der Waals surface area contributed by atoms with Crippen molar-refractivity contribution in [2.45, 2.75) is 20.5 Å². The summed E-state index contributed by atoms with van der Waals surface area (Å²) in [5, 5.41) is 4.13. The Morgan fingerprint density at radius 1 is 0.879 bits per heavy atom. The van der Waals surface area contributed by atoms with Gasteiger partial charge in [-0.05, 0) is 37.6 Å². The number of ether oxygens (including phenoxy) is 2. The van der Waals surface area contributed by atoms with E-state index in [-0.39, 0.29) is 13.2 Å². The van der Waals surface area contributed by atoms with Crippen molar-refractivity contribution in [2.24, 2.45) is 0 Å². The zero-order valence-corrected chi connectivity index (χ0v) is 18.5. The highest BCUT2D eigenvalue weighted by Gasteiger charge is 2.19. The predicted molar refractivity (Wildman–Crippen MR) is 128 cm³/mol. The first-order valence-electron chi connectivity index (χ1n) is 10.7. The van der Waals surface area contributed by atoms with Gasteiger partial charge in [0.2, 0.25) is 0 Å². The fourth-order valence-corrected chi connectivity index (χ4v) is 3.55. The minimum absolute atomic E-state index is 0.0562. The number of nitrogens with zero attached hydrogens (tertiary/aromatic N) is 1. The summed E-state index contributed by atoms with van der Waals surface area (Å²) in [6.07, 6.45) is 1.50. The molecule has 0 spiro atoms. The SMILES string of the molecule is CCOC(=O)c1cnc2c(COC(=O)c3ccccc3)cccc2c1Nc1ccccc1C. The highest BCUT2D eigenvalue weighted by molar-refractivity contribution is 6.06. The number of rotatable bonds is 7. The molecule has 6 nitrogen and oxygen atoms in total. The van der Waals surface area contributed by atoms with Gasteiger partial charge >= 0.3 is 11.9 Å². The number of anilines is 2. The molecule has 0 saturated heterocycles. The zero-order chi connectivity index (χ0) is 23.2. The Bertz CT molecular complexity index is 1300. The van der Waals surface area contributed by atoms with Crippen LogP contribution in [0.4, 0.5) is 11.4 Å². The van der Waals surface area contributed by atoms with E-state index in [4.69, 9.17) is 9.47 Å². The Morgan fingerprint density at radius 2 is 1.64 bits per heavy atom. The first-order valence-corrected chi connectivity index (χ1v) is 10.7. The average molecular weight is 440 g/mol. The van der Waals surface area contributed by atoms with Crippen molar-refractivity contribution in [2.75, 3.05) is 11.9 Å². The van der Waals surface area contributed by atoms with Crippen molar-refractivity contribution in [3.05, 3.63) is 101 Å². The number of fused-ring (bicyclic) bond motifs is 1. The van der Waals surface area contributed by atoms with Crippen LogP contribution in [0, 0.1) is 6.92 Å². The molecule has 0 bridgehead atoms. The number of nitrogens with one attached hydrogen (secondary N) is 1. The fourth-order valence-electron chi connectivity index (χ4n) is 3.55. The smallest absolute Gasteiger partial charge is 0.341 e. The monoisotopic (exact) mass is 440 g/mol. The van der Waals surface area contributed by atoms with Crippen LogP contribution in [-0.2, 0) is 16.1 Å². The van der Waals surface area contributed by atoms with E-state index in [1.54, 1.807) is 31.2 Å². The number of aryl methyl sites for hydroxylation is 1. The highest BCUT2D eigenvalue weighted by Crippen LogP contribution is 2.32. The van der Waals surface area contributed by atoms with Gasteiger partial charge < -0.3 is 14.8 Å². The number of para-hydroxylation sites is 2. The van der Waals surface area contributed by atoms with Crippen molar-refractivity contribution < 1.29 is 19.1 Å². The largest absolute Gasteiger partial charge is 0.462 e. The van der Waals surface area contributed by atoms with E-state index in [0.717, 1.165) is 22.2 Å². The van der Waals surface area contributed by atoms with Gasteiger partial charge in [-0.15, -0.1) is 0 Å². The van der Waals surface area contributed by atoms with Crippen LogP contribution in [0.5, 0.6) is 0 Å². The quantitative estimate of drug-likeness (QED) is 0.365. The van der Waals surface area contributed by atoms with E-state index < -0.39 is 11.9 Å². The lowest BCUT2D eigenvalue weighted by Crippen LogP contribution is -2.10. The van der Waals surface area contributed by atoms with Gasteiger partial charge in [0.05, 0.1) is 23.4 Å². The Balaban J connectivity index is 1.73. The molecule has 0 aliphatic rings. The molecule has 1 aromatic heterocycles. The third-order valence-electron chi connectivity index (χ3n) is 5.25. The van der Waals surface area contributed by atoms with Crippen molar-refractivity contribution in [1.29, 1.82) is 0 Å². The van der Waals surface area contributed by atoms with Crippen LogP contribution in [-0.4, -0.2) is 23.5 Å². The summed E-state index contributed by atoms with van der Waals surface area (Å²) >= 11 is 0. The second-order valence-electron chi connectivity index (χ2n) is 7.46. The Kier molecular flexibility index (Phi) is 6.64. The summed E-state index contributed by atoms with van der Waals surface area (Å²) in [6.45, 7) is 4.07. The number of pyridine rings is 1. The van der Waals surface area contributed by atoms with Crippen LogP contribution in [0.15, 0.2) is 79.0 Å². The Labute approximate surface area is 192 Å². The molecule has 0 radical (unpaired) electrons. The molecule has 3 aromatic carbocycles. The number of carbonyl (C=O) groups is 2. The molecule has 6 heteroatoms. The number of hydrogen-bond donors (Lipinski definition) is 1. The highest BCUT2D eigenvalue weighted by atomic mass is 16.5. The Morgan fingerprint density at radius 3 is 2.39 bits per heavy atom. The average Bonchev–Trinajstić information content (AvgIpc) is 2.84. The molecule has 4 rings (SSSR count). The molecule has 4 aromatic rings. The third-order valence-corrected chi connectivity index (χ3v) is 5.25. The van der Waals surface area contributed by atoms with Crippen LogP contribution in [0.2, 0.25) is 0 Å². The number of esters is 2. The molecular formula is C27H24N2O4. The van der Waals surface area contributed by atoms with E-state index in [0.29, 0.717) is 22.3 Å². The first kappa shape index (κ1) is 22.0. The fraction of sp³-hybridized carbons (Fsp3) is 0.148. The molecule has 0 aliphatic heterocycles. The third kappa shape index (κ3) is 4.85. The molecule has 0 amide bonds. The van der Waals surface area contributed by atoms with Gasteiger partial charge in [-0.3, -0.25) is 4.98 Å². The molecular weight excluding hydrogens is 416 g/mol. The maximum Gasteiger partial charge on any atom is 0.341 e. The number of hydrogen-bond acceptors (Lipinski definition) is 6.